The lowest BCUT2D eigenvalue weighted by molar-refractivity contribution is -0.129. The van der Waals surface area contributed by atoms with Crippen molar-refractivity contribution in [1.29, 1.82) is 0 Å². The van der Waals surface area contributed by atoms with E-state index in [1.807, 2.05) is 23.4 Å². The van der Waals surface area contributed by atoms with E-state index in [9.17, 15) is 4.79 Å². The topological polar surface area (TPSA) is 49.3 Å². The lowest BCUT2D eigenvalue weighted by Crippen LogP contribution is -2.48. The molecule has 0 aromatic carbocycles. The van der Waals surface area contributed by atoms with Crippen LogP contribution in [0.5, 0.6) is 0 Å². The third-order valence-corrected chi connectivity index (χ3v) is 4.01. The predicted octanol–water partition coefficient (Wildman–Crippen LogP) is 1.62. The van der Waals surface area contributed by atoms with Gasteiger partial charge in [-0.2, -0.15) is 4.98 Å². The molecule has 0 radical (unpaired) electrons. The van der Waals surface area contributed by atoms with Crippen LogP contribution < -0.4 is 4.90 Å². The fraction of sp³-hybridized carbons (Fsp3) is 0.364. The molecule has 18 heavy (non-hydrogen) atoms. The number of likely N-dealkylation sites (N-methyl/N-ethyl adjacent to an activating group) is 1. The third-order valence-electron chi connectivity index (χ3n) is 3.03. The van der Waals surface area contributed by atoms with Crippen molar-refractivity contribution < 1.29 is 4.79 Å². The first kappa shape index (κ1) is 11.7. The number of aromatic nitrogens is 2. The Hall–Kier alpha value is -1.40. The van der Waals surface area contributed by atoms with E-state index >= 15 is 0 Å². The maximum Gasteiger partial charge on any atom is 0.241 e. The molecule has 0 N–H and O–H groups in total. The molecule has 3 rings (SSSR count). The Morgan fingerprint density at radius 3 is 3.00 bits per heavy atom. The number of amides is 1. The first-order valence-electron chi connectivity index (χ1n) is 5.55. The molecule has 1 aliphatic rings. The third kappa shape index (κ3) is 1.91. The summed E-state index contributed by atoms with van der Waals surface area (Å²) in [6, 6.07) is 1.97. The fourth-order valence-corrected chi connectivity index (χ4v) is 2.97. The van der Waals surface area contributed by atoms with Crippen LogP contribution in [0.1, 0.15) is 0 Å². The average Bonchev–Trinajstić information content (AvgIpc) is 2.79. The zero-order valence-electron chi connectivity index (χ0n) is 9.76. The number of piperazine rings is 1. The van der Waals surface area contributed by atoms with Crippen LogP contribution in [-0.2, 0) is 4.79 Å². The second-order valence-electron chi connectivity index (χ2n) is 4.19. The van der Waals surface area contributed by atoms with Gasteiger partial charge in [0.1, 0.15) is 10.6 Å². The minimum atomic E-state index is 0.0966. The van der Waals surface area contributed by atoms with E-state index in [4.69, 9.17) is 11.6 Å². The second-order valence-corrected chi connectivity index (χ2v) is 5.43. The Morgan fingerprint density at radius 2 is 2.22 bits per heavy atom. The van der Waals surface area contributed by atoms with E-state index in [2.05, 4.69) is 9.97 Å². The lowest BCUT2D eigenvalue weighted by Gasteiger charge is -2.32. The summed E-state index contributed by atoms with van der Waals surface area (Å²) in [7, 11) is 1.81. The molecule has 3 heterocycles. The molecular formula is C11H11ClN4OS. The highest BCUT2D eigenvalue weighted by atomic mass is 35.5. The van der Waals surface area contributed by atoms with E-state index in [0.29, 0.717) is 13.1 Å². The van der Waals surface area contributed by atoms with Crippen molar-refractivity contribution in [1.82, 2.24) is 14.9 Å². The summed E-state index contributed by atoms with van der Waals surface area (Å²) in [6.07, 6.45) is 0. The van der Waals surface area contributed by atoms with E-state index < -0.39 is 0 Å². The van der Waals surface area contributed by atoms with Crippen LogP contribution in [0, 0.1) is 0 Å². The predicted molar refractivity (Wildman–Crippen MR) is 72.3 cm³/mol. The highest BCUT2D eigenvalue weighted by molar-refractivity contribution is 7.16. The molecule has 1 fully saturated rings. The van der Waals surface area contributed by atoms with Crippen molar-refractivity contribution in [2.75, 3.05) is 31.6 Å². The number of fused-ring (bicyclic) bond motifs is 1. The number of hydrogen-bond donors (Lipinski definition) is 0. The summed E-state index contributed by atoms with van der Waals surface area (Å²) >= 11 is 7.45. The van der Waals surface area contributed by atoms with Crippen LogP contribution >= 0.6 is 22.9 Å². The summed E-state index contributed by atoms with van der Waals surface area (Å²) < 4.78 is 0. The number of halogens is 1. The Bertz CT molecular complexity index is 614. The Labute approximate surface area is 113 Å². The van der Waals surface area contributed by atoms with Crippen LogP contribution in [0.15, 0.2) is 11.4 Å². The van der Waals surface area contributed by atoms with E-state index in [1.165, 1.54) is 11.3 Å². The summed E-state index contributed by atoms with van der Waals surface area (Å²) in [5.74, 6) is 0.854. The van der Waals surface area contributed by atoms with Gasteiger partial charge >= 0.3 is 0 Å². The summed E-state index contributed by atoms with van der Waals surface area (Å²) in [6.45, 7) is 1.81. The standard InChI is InChI=1S/C11H11ClN4OS/c1-15-3-4-16(6-8(15)17)9-7-2-5-18-10(7)14-11(12)13-9/h2,5H,3-4,6H2,1H3. The molecular weight excluding hydrogens is 272 g/mol. The molecule has 1 saturated heterocycles. The molecule has 1 aliphatic heterocycles. The highest BCUT2D eigenvalue weighted by Gasteiger charge is 2.24. The monoisotopic (exact) mass is 282 g/mol. The minimum absolute atomic E-state index is 0.0966. The van der Waals surface area contributed by atoms with Crippen molar-refractivity contribution >= 4 is 44.9 Å². The molecule has 1 amide bonds. The van der Waals surface area contributed by atoms with Gasteiger partial charge in [-0.05, 0) is 23.0 Å². The molecule has 0 spiro atoms. The fourth-order valence-electron chi connectivity index (χ4n) is 1.99. The molecule has 0 bridgehead atoms. The van der Waals surface area contributed by atoms with Gasteiger partial charge in [0.25, 0.3) is 0 Å². The van der Waals surface area contributed by atoms with Crippen molar-refractivity contribution in [2.45, 2.75) is 0 Å². The molecule has 2 aromatic heterocycles. The van der Waals surface area contributed by atoms with E-state index in [1.54, 1.807) is 4.90 Å². The Kier molecular flexibility index (Phi) is 2.83. The number of anilines is 1. The Morgan fingerprint density at radius 1 is 1.39 bits per heavy atom. The molecule has 94 valence electrons. The number of thiophene rings is 1. The minimum Gasteiger partial charge on any atom is -0.345 e. The van der Waals surface area contributed by atoms with Gasteiger partial charge in [0.2, 0.25) is 11.2 Å². The first-order valence-corrected chi connectivity index (χ1v) is 6.80. The summed E-state index contributed by atoms with van der Waals surface area (Å²) in [4.78, 5) is 24.7. The maximum absolute atomic E-state index is 11.7. The van der Waals surface area contributed by atoms with Gasteiger partial charge in [-0.1, -0.05) is 0 Å². The van der Waals surface area contributed by atoms with Crippen molar-refractivity contribution in [3.05, 3.63) is 16.7 Å². The van der Waals surface area contributed by atoms with Gasteiger partial charge in [-0.3, -0.25) is 4.79 Å². The first-order chi connectivity index (χ1) is 8.65. The van der Waals surface area contributed by atoms with Crippen LogP contribution in [0.4, 0.5) is 5.82 Å². The smallest absolute Gasteiger partial charge is 0.241 e. The SMILES string of the molecule is CN1CCN(c2nc(Cl)nc3sccc23)CC1=O. The largest absolute Gasteiger partial charge is 0.345 e. The number of nitrogens with zero attached hydrogens (tertiary/aromatic N) is 4. The number of rotatable bonds is 1. The van der Waals surface area contributed by atoms with E-state index in [-0.39, 0.29) is 11.2 Å². The zero-order valence-corrected chi connectivity index (χ0v) is 11.3. The van der Waals surface area contributed by atoms with Gasteiger partial charge in [0.05, 0.1) is 11.9 Å². The van der Waals surface area contributed by atoms with Crippen molar-refractivity contribution in [3.63, 3.8) is 0 Å². The van der Waals surface area contributed by atoms with Crippen LogP contribution in [0.25, 0.3) is 10.2 Å². The molecule has 2 aromatic rings. The summed E-state index contributed by atoms with van der Waals surface area (Å²) in [5, 5.41) is 3.14. The van der Waals surface area contributed by atoms with Gasteiger partial charge < -0.3 is 9.80 Å². The maximum atomic E-state index is 11.7. The lowest BCUT2D eigenvalue weighted by atomic mass is 10.3. The van der Waals surface area contributed by atoms with Crippen LogP contribution in [-0.4, -0.2) is 47.5 Å². The highest BCUT2D eigenvalue weighted by Crippen LogP contribution is 2.29. The molecule has 0 saturated carbocycles. The number of carbonyl (C=O) groups is 1. The molecule has 0 unspecified atom stereocenters. The zero-order chi connectivity index (χ0) is 12.7. The molecule has 5 nitrogen and oxygen atoms in total. The van der Waals surface area contributed by atoms with Crippen molar-refractivity contribution in [3.8, 4) is 0 Å². The number of carbonyl (C=O) groups excluding carboxylic acids is 1. The quantitative estimate of drug-likeness (QED) is 0.746. The molecule has 7 heteroatoms. The van der Waals surface area contributed by atoms with Crippen LogP contribution in [0.3, 0.4) is 0 Å². The van der Waals surface area contributed by atoms with E-state index in [0.717, 1.165) is 22.6 Å². The molecule has 0 aliphatic carbocycles. The second kappa shape index (κ2) is 4.37. The normalized spacial score (nSPS) is 16.7. The van der Waals surface area contributed by atoms with Gasteiger partial charge in [-0.25, -0.2) is 4.98 Å². The van der Waals surface area contributed by atoms with Gasteiger partial charge in [-0.15, -0.1) is 11.3 Å². The summed E-state index contributed by atoms with van der Waals surface area (Å²) in [5.41, 5.74) is 0. The van der Waals surface area contributed by atoms with Gasteiger partial charge in [0.15, 0.2) is 0 Å². The van der Waals surface area contributed by atoms with Gasteiger partial charge in [0, 0.05) is 20.1 Å². The average molecular weight is 283 g/mol. The van der Waals surface area contributed by atoms with Crippen molar-refractivity contribution in [2.24, 2.45) is 0 Å². The molecule has 0 atom stereocenters. The Balaban J connectivity index is 2.03. The number of hydrogen-bond acceptors (Lipinski definition) is 5. The van der Waals surface area contributed by atoms with Crippen LogP contribution in [0.2, 0.25) is 5.28 Å².